The van der Waals surface area contributed by atoms with E-state index in [-0.39, 0.29) is 8.69 Å². The standard InChI is InChI=1S/C7H5N2O2P/c10-12-11-9-5-8-6-3-1-2-4-7(6)9/h1-5H. The van der Waals surface area contributed by atoms with Crippen molar-refractivity contribution in [2.75, 3.05) is 0 Å². The molecule has 60 valence electrons. The predicted molar refractivity (Wildman–Crippen MR) is 43.9 cm³/mol. The van der Waals surface area contributed by atoms with Crippen molar-refractivity contribution in [3.63, 3.8) is 0 Å². The lowest BCUT2D eigenvalue weighted by Crippen LogP contribution is -1.96. The van der Waals surface area contributed by atoms with E-state index in [2.05, 4.69) is 4.98 Å². The van der Waals surface area contributed by atoms with Gasteiger partial charge in [-0.2, -0.15) is 4.73 Å². The van der Waals surface area contributed by atoms with Crippen LogP contribution in [0.4, 0.5) is 0 Å². The van der Waals surface area contributed by atoms with Gasteiger partial charge >= 0.3 is 8.69 Å². The molecular formula is C7H5N2O2P. The van der Waals surface area contributed by atoms with Crippen LogP contribution >= 0.6 is 8.69 Å². The van der Waals surface area contributed by atoms with Crippen molar-refractivity contribution in [3.8, 4) is 0 Å². The smallest absolute Gasteiger partial charge is 0.313 e. The molecule has 0 fully saturated rings. The molecule has 0 saturated heterocycles. The van der Waals surface area contributed by atoms with Gasteiger partial charge in [0.1, 0.15) is 11.8 Å². The first-order valence-corrected chi connectivity index (χ1v) is 4.07. The van der Waals surface area contributed by atoms with Crippen LogP contribution in [-0.2, 0) is 4.57 Å². The molecule has 1 aromatic carbocycles. The molecule has 0 aliphatic rings. The molecule has 1 heterocycles. The molecule has 0 radical (unpaired) electrons. The Labute approximate surface area is 70.0 Å². The normalized spacial score (nSPS) is 10.7. The van der Waals surface area contributed by atoms with Gasteiger partial charge in [0.2, 0.25) is 0 Å². The third kappa shape index (κ3) is 1.06. The molecule has 0 saturated carbocycles. The van der Waals surface area contributed by atoms with E-state index in [1.54, 1.807) is 0 Å². The number of fused-ring (bicyclic) bond motifs is 1. The van der Waals surface area contributed by atoms with Gasteiger partial charge in [0, 0.05) is 0 Å². The van der Waals surface area contributed by atoms with Gasteiger partial charge in [-0.1, -0.05) is 12.1 Å². The minimum atomic E-state index is -0.382. The molecule has 0 spiro atoms. The van der Waals surface area contributed by atoms with Crippen LogP contribution < -0.4 is 4.62 Å². The van der Waals surface area contributed by atoms with Crippen molar-refractivity contribution < 1.29 is 9.19 Å². The van der Waals surface area contributed by atoms with Gasteiger partial charge in [-0.25, -0.2) is 9.55 Å². The Morgan fingerprint density at radius 2 is 2.25 bits per heavy atom. The number of aromatic nitrogens is 2. The molecule has 2 aromatic rings. The fourth-order valence-electron chi connectivity index (χ4n) is 1.04. The van der Waals surface area contributed by atoms with E-state index in [1.165, 1.54) is 11.1 Å². The second kappa shape index (κ2) is 2.91. The molecule has 0 aliphatic heterocycles. The zero-order valence-corrected chi connectivity index (χ0v) is 6.94. The molecule has 4 nitrogen and oxygen atoms in total. The van der Waals surface area contributed by atoms with E-state index in [4.69, 9.17) is 4.62 Å². The van der Waals surface area contributed by atoms with Crippen LogP contribution in [0.5, 0.6) is 0 Å². The number of hydrogen-bond acceptors (Lipinski definition) is 3. The maximum atomic E-state index is 10.1. The van der Waals surface area contributed by atoms with Crippen molar-refractivity contribution in [2.24, 2.45) is 0 Å². The first-order valence-electron chi connectivity index (χ1n) is 3.34. The van der Waals surface area contributed by atoms with Crippen LogP contribution in [0.1, 0.15) is 0 Å². The zero-order chi connectivity index (χ0) is 8.39. The van der Waals surface area contributed by atoms with Crippen molar-refractivity contribution in [3.05, 3.63) is 30.6 Å². The van der Waals surface area contributed by atoms with Gasteiger partial charge in [0.05, 0.1) is 5.52 Å². The summed E-state index contributed by atoms with van der Waals surface area (Å²) in [7, 11) is -0.382. The van der Waals surface area contributed by atoms with Gasteiger partial charge in [-0.05, 0) is 12.1 Å². The molecule has 1 aromatic heterocycles. The fourth-order valence-corrected chi connectivity index (χ4v) is 1.24. The Bertz CT molecular complexity index is 412. The van der Waals surface area contributed by atoms with E-state index in [0.29, 0.717) is 0 Å². The molecule has 0 bridgehead atoms. The second-order valence-corrected chi connectivity index (χ2v) is 2.53. The molecular weight excluding hydrogens is 175 g/mol. The Kier molecular flexibility index (Phi) is 1.76. The largest absolute Gasteiger partial charge is 0.417 e. The maximum Gasteiger partial charge on any atom is 0.417 e. The Hall–Kier alpha value is -1.41. The molecule has 0 amide bonds. The summed E-state index contributed by atoms with van der Waals surface area (Å²) in [6.07, 6.45) is 1.48. The molecule has 12 heavy (non-hydrogen) atoms. The van der Waals surface area contributed by atoms with E-state index >= 15 is 0 Å². The van der Waals surface area contributed by atoms with E-state index in [9.17, 15) is 4.57 Å². The lowest BCUT2D eigenvalue weighted by Gasteiger charge is -1.95. The SMILES string of the molecule is O=POn1cnc2ccccc21. The third-order valence-corrected chi connectivity index (χ3v) is 1.78. The number of para-hydroxylation sites is 2. The van der Waals surface area contributed by atoms with Gasteiger partial charge in [0.25, 0.3) is 0 Å². The Morgan fingerprint density at radius 1 is 1.42 bits per heavy atom. The van der Waals surface area contributed by atoms with Crippen molar-refractivity contribution >= 4 is 19.7 Å². The lowest BCUT2D eigenvalue weighted by atomic mass is 10.3. The summed E-state index contributed by atoms with van der Waals surface area (Å²) in [5.41, 5.74) is 1.63. The van der Waals surface area contributed by atoms with E-state index in [1.807, 2.05) is 24.3 Å². The number of rotatable bonds is 2. The van der Waals surface area contributed by atoms with Gasteiger partial charge in [-0.15, -0.1) is 0 Å². The molecule has 0 atom stereocenters. The third-order valence-electron chi connectivity index (χ3n) is 1.54. The zero-order valence-electron chi connectivity index (χ0n) is 6.04. The van der Waals surface area contributed by atoms with Crippen molar-refractivity contribution in [2.45, 2.75) is 0 Å². The average molecular weight is 180 g/mol. The summed E-state index contributed by atoms with van der Waals surface area (Å²) in [5, 5.41) is 0. The minimum absolute atomic E-state index is 0.382. The van der Waals surface area contributed by atoms with Crippen LogP contribution in [0.2, 0.25) is 0 Å². The highest BCUT2D eigenvalue weighted by Gasteiger charge is 2.00. The molecule has 0 unspecified atom stereocenters. The first kappa shape index (κ1) is 7.25. The molecule has 2 rings (SSSR count). The summed E-state index contributed by atoms with van der Waals surface area (Å²) in [6, 6.07) is 7.45. The van der Waals surface area contributed by atoms with Crippen molar-refractivity contribution in [1.29, 1.82) is 0 Å². The number of nitrogens with zero attached hydrogens (tertiary/aromatic N) is 2. The molecule has 5 heteroatoms. The van der Waals surface area contributed by atoms with Crippen molar-refractivity contribution in [1.82, 2.24) is 9.71 Å². The highest BCUT2D eigenvalue weighted by molar-refractivity contribution is 7.17. The Morgan fingerprint density at radius 3 is 3.08 bits per heavy atom. The van der Waals surface area contributed by atoms with Crippen LogP contribution in [0.3, 0.4) is 0 Å². The minimum Gasteiger partial charge on any atom is -0.313 e. The first-order chi connectivity index (χ1) is 5.92. The monoisotopic (exact) mass is 180 g/mol. The predicted octanol–water partition coefficient (Wildman–Crippen LogP) is 1.67. The number of benzene rings is 1. The van der Waals surface area contributed by atoms with Crippen LogP contribution in [0.15, 0.2) is 30.6 Å². The Balaban J connectivity index is 2.62. The molecule has 0 N–H and O–H groups in total. The second-order valence-electron chi connectivity index (χ2n) is 2.22. The van der Waals surface area contributed by atoms with Gasteiger partial charge < -0.3 is 4.62 Å². The summed E-state index contributed by atoms with van der Waals surface area (Å²) >= 11 is 0. The number of hydrogen-bond donors (Lipinski definition) is 0. The highest BCUT2D eigenvalue weighted by Crippen LogP contribution is 2.11. The van der Waals surface area contributed by atoms with Gasteiger partial charge in [0.15, 0.2) is 0 Å². The summed E-state index contributed by atoms with van der Waals surface area (Å²) < 4.78 is 16.2. The van der Waals surface area contributed by atoms with Crippen LogP contribution in [0, 0.1) is 0 Å². The molecule has 0 aliphatic carbocycles. The summed E-state index contributed by atoms with van der Waals surface area (Å²) in [5.74, 6) is 0. The topological polar surface area (TPSA) is 44.1 Å². The van der Waals surface area contributed by atoms with E-state index < -0.39 is 0 Å². The highest BCUT2D eigenvalue weighted by atomic mass is 31.1. The number of imidazole rings is 1. The maximum absolute atomic E-state index is 10.1. The summed E-state index contributed by atoms with van der Waals surface area (Å²) in [6.45, 7) is 0. The summed E-state index contributed by atoms with van der Waals surface area (Å²) in [4.78, 5) is 4.03. The lowest BCUT2D eigenvalue weighted by molar-refractivity contribution is 0.311. The fraction of sp³-hybridized carbons (Fsp3) is 0. The van der Waals surface area contributed by atoms with Crippen LogP contribution in [0.25, 0.3) is 11.0 Å². The van der Waals surface area contributed by atoms with Crippen LogP contribution in [-0.4, -0.2) is 9.71 Å². The average Bonchev–Trinajstić information content (AvgIpc) is 2.50. The van der Waals surface area contributed by atoms with E-state index in [0.717, 1.165) is 11.0 Å². The van der Waals surface area contributed by atoms with Gasteiger partial charge in [-0.3, -0.25) is 0 Å². The quantitative estimate of drug-likeness (QED) is 0.660.